The molecule has 1 aliphatic heterocycles. The van der Waals surface area contributed by atoms with E-state index in [1.54, 1.807) is 30.3 Å². The van der Waals surface area contributed by atoms with Crippen LogP contribution in [0.25, 0.3) is 16.8 Å². The molecule has 0 saturated carbocycles. The molecule has 4 rings (SSSR count). The van der Waals surface area contributed by atoms with E-state index < -0.39 is 11.9 Å². The number of hydroxylamine groups is 1. The molecule has 0 aromatic heterocycles. The number of carbonyl (C=O) groups is 2. The summed E-state index contributed by atoms with van der Waals surface area (Å²) in [6, 6.07) is 22.5. The van der Waals surface area contributed by atoms with Gasteiger partial charge in [-0.1, -0.05) is 54.6 Å². The third kappa shape index (κ3) is 2.44. The van der Waals surface area contributed by atoms with Gasteiger partial charge < -0.3 is 4.84 Å². The molecular weight excluding hydrogens is 302 g/mol. The molecule has 0 unspecified atom stereocenters. The van der Waals surface area contributed by atoms with Crippen molar-refractivity contribution in [2.24, 2.45) is 0 Å². The van der Waals surface area contributed by atoms with Crippen molar-refractivity contribution >= 4 is 34.4 Å². The van der Waals surface area contributed by atoms with E-state index in [1.165, 1.54) is 0 Å². The third-order valence-electron chi connectivity index (χ3n) is 3.88. The maximum absolute atomic E-state index is 12.5. The molecule has 1 heterocycles. The first-order valence-electron chi connectivity index (χ1n) is 7.55. The maximum Gasteiger partial charge on any atom is 0.369 e. The van der Waals surface area contributed by atoms with Gasteiger partial charge in [0.2, 0.25) is 0 Å². The molecule has 3 aromatic carbocycles. The number of nitrogens with zero attached hydrogens (tertiary/aromatic N) is 1. The highest BCUT2D eigenvalue weighted by atomic mass is 16.7. The van der Waals surface area contributed by atoms with Gasteiger partial charge in [-0.15, -0.1) is 5.06 Å². The summed E-state index contributed by atoms with van der Waals surface area (Å²) in [5.41, 5.74) is 1.33. The van der Waals surface area contributed by atoms with E-state index in [0.29, 0.717) is 5.69 Å². The van der Waals surface area contributed by atoms with E-state index in [4.69, 9.17) is 4.84 Å². The Morgan fingerprint density at radius 2 is 1.50 bits per heavy atom. The van der Waals surface area contributed by atoms with Crippen molar-refractivity contribution in [3.05, 3.63) is 83.9 Å². The number of carbonyl (C=O) groups excluding carboxylic acids is 2. The van der Waals surface area contributed by atoms with Crippen molar-refractivity contribution in [3.8, 4) is 0 Å². The lowest BCUT2D eigenvalue weighted by atomic mass is 10.0. The topological polar surface area (TPSA) is 46.6 Å². The van der Waals surface area contributed by atoms with Crippen molar-refractivity contribution < 1.29 is 14.4 Å². The second-order valence-corrected chi connectivity index (χ2v) is 5.48. The Kier molecular flexibility index (Phi) is 3.35. The standard InChI is InChI=1S/C20H13NO3/c22-19-18(20(23)24-21(19)17-8-2-1-3-9-17)13-14-10-11-15-6-4-5-7-16(15)12-14/h1-13H. The van der Waals surface area contributed by atoms with Crippen LogP contribution in [0.3, 0.4) is 0 Å². The van der Waals surface area contributed by atoms with Crippen molar-refractivity contribution in [2.45, 2.75) is 0 Å². The van der Waals surface area contributed by atoms with Gasteiger partial charge in [0.25, 0.3) is 5.91 Å². The largest absolute Gasteiger partial charge is 0.369 e. The number of hydrogen-bond acceptors (Lipinski definition) is 3. The molecule has 0 bridgehead atoms. The number of rotatable bonds is 2. The fourth-order valence-electron chi connectivity index (χ4n) is 2.69. The molecular formula is C20H13NO3. The predicted octanol–water partition coefficient (Wildman–Crippen LogP) is 3.73. The molecule has 116 valence electrons. The maximum atomic E-state index is 12.5. The summed E-state index contributed by atoms with van der Waals surface area (Å²) in [5, 5.41) is 3.17. The van der Waals surface area contributed by atoms with Crippen LogP contribution in [-0.2, 0) is 14.4 Å². The first-order valence-corrected chi connectivity index (χ1v) is 7.55. The molecule has 0 N–H and O–H groups in total. The van der Waals surface area contributed by atoms with E-state index in [2.05, 4.69) is 0 Å². The van der Waals surface area contributed by atoms with Crippen LogP contribution in [0.4, 0.5) is 5.69 Å². The average molecular weight is 315 g/mol. The van der Waals surface area contributed by atoms with E-state index >= 15 is 0 Å². The Hall–Kier alpha value is -3.40. The number of amides is 1. The number of para-hydroxylation sites is 1. The smallest absolute Gasteiger partial charge is 0.327 e. The first-order chi connectivity index (χ1) is 11.7. The minimum atomic E-state index is -0.642. The summed E-state index contributed by atoms with van der Waals surface area (Å²) in [7, 11) is 0. The number of benzene rings is 3. The van der Waals surface area contributed by atoms with Crippen molar-refractivity contribution in [1.82, 2.24) is 0 Å². The van der Waals surface area contributed by atoms with Crippen LogP contribution in [0.2, 0.25) is 0 Å². The van der Waals surface area contributed by atoms with Gasteiger partial charge in [-0.25, -0.2) is 4.79 Å². The van der Waals surface area contributed by atoms with E-state index in [-0.39, 0.29) is 5.57 Å². The summed E-state index contributed by atoms with van der Waals surface area (Å²) in [4.78, 5) is 29.7. The molecule has 4 heteroatoms. The van der Waals surface area contributed by atoms with Crippen molar-refractivity contribution in [1.29, 1.82) is 0 Å². The van der Waals surface area contributed by atoms with Crippen LogP contribution < -0.4 is 5.06 Å². The Morgan fingerprint density at radius 3 is 2.29 bits per heavy atom. The zero-order chi connectivity index (χ0) is 16.5. The predicted molar refractivity (Wildman–Crippen MR) is 91.9 cm³/mol. The number of hydrogen-bond donors (Lipinski definition) is 0. The average Bonchev–Trinajstić information content (AvgIpc) is 2.90. The van der Waals surface area contributed by atoms with Gasteiger partial charge in [-0.3, -0.25) is 4.79 Å². The van der Waals surface area contributed by atoms with Crippen LogP contribution in [0, 0.1) is 0 Å². The fourth-order valence-corrected chi connectivity index (χ4v) is 2.69. The molecule has 0 atom stereocenters. The van der Waals surface area contributed by atoms with Crippen LogP contribution in [0.15, 0.2) is 78.4 Å². The van der Waals surface area contributed by atoms with Gasteiger partial charge in [0, 0.05) is 0 Å². The van der Waals surface area contributed by atoms with E-state index in [1.807, 2.05) is 48.5 Å². The molecule has 1 saturated heterocycles. The highest BCUT2D eigenvalue weighted by Crippen LogP contribution is 2.26. The lowest BCUT2D eigenvalue weighted by molar-refractivity contribution is -0.137. The number of anilines is 1. The number of fused-ring (bicyclic) bond motifs is 1. The van der Waals surface area contributed by atoms with Crippen LogP contribution in [-0.4, -0.2) is 11.9 Å². The third-order valence-corrected chi connectivity index (χ3v) is 3.88. The monoisotopic (exact) mass is 315 g/mol. The molecule has 4 nitrogen and oxygen atoms in total. The van der Waals surface area contributed by atoms with Crippen LogP contribution in [0.1, 0.15) is 5.56 Å². The SMILES string of the molecule is O=C1ON(c2ccccc2)C(=O)C1=Cc1ccc2ccccc2c1. The normalized spacial score (nSPS) is 16.0. The zero-order valence-corrected chi connectivity index (χ0v) is 12.7. The van der Waals surface area contributed by atoms with Gasteiger partial charge >= 0.3 is 5.97 Å². The first kappa shape index (κ1) is 14.2. The summed E-state index contributed by atoms with van der Waals surface area (Å²) in [6.45, 7) is 0. The van der Waals surface area contributed by atoms with Crippen LogP contribution >= 0.6 is 0 Å². The molecule has 0 spiro atoms. The van der Waals surface area contributed by atoms with Gasteiger partial charge in [-0.05, 0) is 40.6 Å². The summed E-state index contributed by atoms with van der Waals surface area (Å²) in [6.07, 6.45) is 1.57. The van der Waals surface area contributed by atoms with Crippen LogP contribution in [0.5, 0.6) is 0 Å². The highest BCUT2D eigenvalue weighted by Gasteiger charge is 2.37. The van der Waals surface area contributed by atoms with Gasteiger partial charge in [0.1, 0.15) is 5.57 Å². The molecule has 3 aromatic rings. The van der Waals surface area contributed by atoms with Crippen molar-refractivity contribution in [3.63, 3.8) is 0 Å². The fraction of sp³-hybridized carbons (Fsp3) is 0. The summed E-state index contributed by atoms with van der Waals surface area (Å²) >= 11 is 0. The van der Waals surface area contributed by atoms with Gasteiger partial charge in [0.05, 0.1) is 5.69 Å². The Bertz CT molecular complexity index is 976. The molecule has 0 aliphatic carbocycles. The van der Waals surface area contributed by atoms with E-state index in [9.17, 15) is 9.59 Å². The molecule has 24 heavy (non-hydrogen) atoms. The lowest BCUT2D eigenvalue weighted by Gasteiger charge is -2.11. The lowest BCUT2D eigenvalue weighted by Crippen LogP contribution is -2.22. The molecule has 1 amide bonds. The van der Waals surface area contributed by atoms with E-state index in [0.717, 1.165) is 21.4 Å². The summed E-state index contributed by atoms with van der Waals surface area (Å²) in [5.74, 6) is -1.10. The minimum absolute atomic E-state index is 0.0223. The van der Waals surface area contributed by atoms with Gasteiger partial charge in [-0.2, -0.15) is 0 Å². The molecule has 1 fully saturated rings. The second kappa shape index (κ2) is 5.66. The van der Waals surface area contributed by atoms with Crippen molar-refractivity contribution in [2.75, 3.05) is 5.06 Å². The quantitative estimate of drug-likeness (QED) is 0.535. The summed E-state index contributed by atoms with van der Waals surface area (Å²) < 4.78 is 0. The zero-order valence-electron chi connectivity index (χ0n) is 12.7. The Morgan fingerprint density at radius 1 is 0.792 bits per heavy atom. The highest BCUT2D eigenvalue weighted by molar-refractivity contribution is 6.28. The molecule has 1 aliphatic rings. The Labute approximate surface area is 138 Å². The Balaban J connectivity index is 1.71. The minimum Gasteiger partial charge on any atom is -0.327 e. The second-order valence-electron chi connectivity index (χ2n) is 5.48. The molecule has 0 radical (unpaired) electrons. The van der Waals surface area contributed by atoms with Gasteiger partial charge in [0.15, 0.2) is 0 Å².